The molecule has 2 heterocycles. The fraction of sp³-hybridized carbons (Fsp3) is 0. The molecule has 0 fully saturated rings. The summed E-state index contributed by atoms with van der Waals surface area (Å²) in [6.45, 7) is 0. The highest BCUT2D eigenvalue weighted by molar-refractivity contribution is 6.43. The lowest BCUT2D eigenvalue weighted by Crippen LogP contribution is -2.07. The second-order valence-electron chi connectivity index (χ2n) is 5.48. The molecule has 134 valence electrons. The summed E-state index contributed by atoms with van der Waals surface area (Å²) in [7, 11) is 0. The van der Waals surface area contributed by atoms with Crippen molar-refractivity contribution in [2.75, 3.05) is 5.32 Å². The minimum Gasteiger partial charge on any atom is -0.333 e. The van der Waals surface area contributed by atoms with Crippen molar-refractivity contribution in [3.8, 4) is 5.82 Å². The summed E-state index contributed by atoms with van der Waals surface area (Å²) in [5, 5.41) is 15.2. The van der Waals surface area contributed by atoms with E-state index in [0.717, 1.165) is 0 Å². The van der Waals surface area contributed by atoms with Crippen molar-refractivity contribution in [1.82, 2.24) is 19.5 Å². The zero-order valence-corrected chi connectivity index (χ0v) is 15.0. The maximum Gasteiger partial charge on any atom is 0.354 e. The van der Waals surface area contributed by atoms with Crippen molar-refractivity contribution in [2.24, 2.45) is 0 Å². The molecule has 0 amide bonds. The van der Waals surface area contributed by atoms with Gasteiger partial charge in [-0.05, 0) is 24.3 Å². The molecule has 0 saturated carbocycles. The molecule has 8 nitrogen and oxygen atoms in total. The summed E-state index contributed by atoms with van der Waals surface area (Å²) in [5.41, 5.74) is 1.47. The van der Waals surface area contributed by atoms with Gasteiger partial charge in [0.15, 0.2) is 0 Å². The predicted molar refractivity (Wildman–Crippen MR) is 103 cm³/mol. The summed E-state index contributed by atoms with van der Waals surface area (Å²) in [6, 6.07) is 12.2. The van der Waals surface area contributed by atoms with E-state index in [-0.39, 0.29) is 22.3 Å². The molecule has 0 atom stereocenters. The Morgan fingerprint density at radius 3 is 2.67 bits per heavy atom. The SMILES string of the molecule is O=[N+]([O-])c1c(Nc2cccc(Cl)c2Cl)ncnc1-n1cnc2ccccc21. The molecule has 0 bridgehead atoms. The fourth-order valence-electron chi connectivity index (χ4n) is 2.66. The highest BCUT2D eigenvalue weighted by Gasteiger charge is 2.26. The van der Waals surface area contributed by atoms with Crippen molar-refractivity contribution in [2.45, 2.75) is 0 Å². The van der Waals surface area contributed by atoms with Crippen LogP contribution in [0.2, 0.25) is 10.0 Å². The Morgan fingerprint density at radius 1 is 1.04 bits per heavy atom. The van der Waals surface area contributed by atoms with E-state index in [4.69, 9.17) is 23.2 Å². The van der Waals surface area contributed by atoms with Crippen LogP contribution in [0.15, 0.2) is 55.1 Å². The standard InChI is InChI=1S/C17H10Cl2N6O2/c18-10-4-3-6-12(14(10)19)23-16-15(25(26)27)17(21-8-20-16)24-9-22-11-5-1-2-7-13(11)24/h1-9H,(H,20,21,23). The number of halogens is 2. The molecule has 1 N–H and O–H groups in total. The Kier molecular flexibility index (Phi) is 4.35. The van der Waals surface area contributed by atoms with Gasteiger partial charge in [-0.3, -0.25) is 14.7 Å². The smallest absolute Gasteiger partial charge is 0.333 e. The number of fused-ring (bicyclic) bond motifs is 1. The minimum atomic E-state index is -0.551. The molecule has 0 aliphatic rings. The van der Waals surface area contributed by atoms with Gasteiger partial charge >= 0.3 is 5.69 Å². The third-order valence-corrected chi connectivity index (χ3v) is 4.69. The number of para-hydroxylation sites is 2. The van der Waals surface area contributed by atoms with Crippen molar-refractivity contribution >= 4 is 51.4 Å². The highest BCUT2D eigenvalue weighted by atomic mass is 35.5. The number of hydrogen-bond acceptors (Lipinski definition) is 6. The van der Waals surface area contributed by atoms with Crippen LogP contribution in [0.1, 0.15) is 0 Å². The molecule has 2 aromatic carbocycles. The Hall–Kier alpha value is -3.23. The van der Waals surface area contributed by atoms with Crippen LogP contribution in [-0.4, -0.2) is 24.4 Å². The molecule has 4 aromatic rings. The first-order chi connectivity index (χ1) is 13.1. The second kappa shape index (κ2) is 6.82. The van der Waals surface area contributed by atoms with Crippen LogP contribution < -0.4 is 5.32 Å². The number of hydrogen-bond donors (Lipinski definition) is 1. The molecule has 10 heteroatoms. The van der Waals surface area contributed by atoms with Crippen molar-refractivity contribution in [3.05, 3.63) is 75.3 Å². The van der Waals surface area contributed by atoms with Gasteiger partial charge in [0.25, 0.3) is 0 Å². The maximum absolute atomic E-state index is 11.8. The molecule has 4 rings (SSSR count). The van der Waals surface area contributed by atoms with E-state index in [1.165, 1.54) is 12.7 Å². The second-order valence-corrected chi connectivity index (χ2v) is 6.27. The number of imidazole rings is 1. The van der Waals surface area contributed by atoms with Gasteiger partial charge in [-0.2, -0.15) is 0 Å². The lowest BCUT2D eigenvalue weighted by atomic mass is 10.3. The van der Waals surface area contributed by atoms with Gasteiger partial charge < -0.3 is 5.32 Å². The predicted octanol–water partition coefficient (Wildman–Crippen LogP) is 4.77. The Morgan fingerprint density at radius 2 is 1.85 bits per heavy atom. The first-order valence-corrected chi connectivity index (χ1v) is 8.44. The maximum atomic E-state index is 11.8. The third-order valence-electron chi connectivity index (χ3n) is 3.87. The zero-order chi connectivity index (χ0) is 19.0. The van der Waals surface area contributed by atoms with Crippen molar-refractivity contribution in [1.29, 1.82) is 0 Å². The summed E-state index contributed by atoms with van der Waals surface area (Å²) < 4.78 is 1.54. The molecule has 0 aliphatic heterocycles. The number of nitrogens with zero attached hydrogens (tertiary/aromatic N) is 5. The number of benzene rings is 2. The monoisotopic (exact) mass is 400 g/mol. The molecule has 2 aromatic heterocycles. The number of anilines is 2. The molecular weight excluding hydrogens is 391 g/mol. The fourth-order valence-corrected chi connectivity index (χ4v) is 3.01. The van der Waals surface area contributed by atoms with Gasteiger partial charge in [0.2, 0.25) is 11.6 Å². The topological polar surface area (TPSA) is 98.8 Å². The quantitative estimate of drug-likeness (QED) is 0.391. The van der Waals surface area contributed by atoms with Crippen molar-refractivity contribution in [3.63, 3.8) is 0 Å². The van der Waals surface area contributed by atoms with E-state index in [0.29, 0.717) is 21.7 Å². The lowest BCUT2D eigenvalue weighted by molar-refractivity contribution is -0.384. The van der Waals surface area contributed by atoms with E-state index >= 15 is 0 Å². The number of aromatic nitrogens is 4. The van der Waals surface area contributed by atoms with Crippen LogP contribution in [0.4, 0.5) is 17.2 Å². The Balaban J connectivity index is 1.89. The van der Waals surface area contributed by atoms with Crippen LogP contribution in [0.3, 0.4) is 0 Å². The number of rotatable bonds is 4. The van der Waals surface area contributed by atoms with Crippen LogP contribution in [0.5, 0.6) is 0 Å². The number of nitro groups is 1. The zero-order valence-electron chi connectivity index (χ0n) is 13.5. The Bertz CT molecular complexity index is 1180. The van der Waals surface area contributed by atoms with Gasteiger partial charge in [0.1, 0.15) is 12.7 Å². The minimum absolute atomic E-state index is 0.00746. The van der Waals surface area contributed by atoms with E-state index in [1.54, 1.807) is 28.8 Å². The normalized spacial score (nSPS) is 10.9. The van der Waals surface area contributed by atoms with E-state index < -0.39 is 4.92 Å². The van der Waals surface area contributed by atoms with Gasteiger partial charge in [-0.15, -0.1) is 0 Å². The van der Waals surface area contributed by atoms with Crippen LogP contribution in [-0.2, 0) is 0 Å². The van der Waals surface area contributed by atoms with Gasteiger partial charge in [0.05, 0.1) is 31.7 Å². The molecule has 0 radical (unpaired) electrons. The first kappa shape index (κ1) is 17.2. The molecule has 0 unspecified atom stereocenters. The van der Waals surface area contributed by atoms with Gasteiger partial charge in [0, 0.05) is 0 Å². The summed E-state index contributed by atoms with van der Waals surface area (Å²) in [6.07, 6.45) is 2.72. The van der Waals surface area contributed by atoms with Gasteiger partial charge in [-0.1, -0.05) is 41.4 Å². The largest absolute Gasteiger partial charge is 0.354 e. The van der Waals surface area contributed by atoms with Crippen LogP contribution >= 0.6 is 23.2 Å². The molecular formula is C17H10Cl2N6O2. The Labute approximate surface area is 162 Å². The average molecular weight is 401 g/mol. The van der Waals surface area contributed by atoms with Gasteiger partial charge in [-0.25, -0.2) is 15.0 Å². The van der Waals surface area contributed by atoms with E-state index in [1.807, 2.05) is 18.2 Å². The first-order valence-electron chi connectivity index (χ1n) is 7.69. The summed E-state index contributed by atoms with van der Waals surface area (Å²) >= 11 is 12.2. The lowest BCUT2D eigenvalue weighted by Gasteiger charge is -2.11. The van der Waals surface area contributed by atoms with Crippen LogP contribution in [0, 0.1) is 10.1 Å². The van der Waals surface area contributed by atoms with E-state index in [2.05, 4.69) is 20.3 Å². The molecule has 0 saturated heterocycles. The van der Waals surface area contributed by atoms with Crippen molar-refractivity contribution < 1.29 is 4.92 Å². The van der Waals surface area contributed by atoms with E-state index in [9.17, 15) is 10.1 Å². The number of nitrogens with one attached hydrogen (secondary N) is 1. The summed E-state index contributed by atoms with van der Waals surface area (Å²) in [4.78, 5) is 23.6. The molecule has 27 heavy (non-hydrogen) atoms. The summed E-state index contributed by atoms with van der Waals surface area (Å²) in [5.74, 6) is 0.0799. The highest BCUT2D eigenvalue weighted by Crippen LogP contribution is 2.35. The third kappa shape index (κ3) is 3.05. The molecule has 0 spiro atoms. The molecule has 0 aliphatic carbocycles. The average Bonchev–Trinajstić information content (AvgIpc) is 3.09. The van der Waals surface area contributed by atoms with Crippen LogP contribution in [0.25, 0.3) is 16.9 Å².